The van der Waals surface area contributed by atoms with Crippen LogP contribution in [0.25, 0.3) is 11.1 Å². The Morgan fingerprint density at radius 2 is 1.85 bits per heavy atom. The van der Waals surface area contributed by atoms with Crippen molar-refractivity contribution in [2.75, 3.05) is 6.54 Å². The molecule has 1 fully saturated rings. The molecule has 0 radical (unpaired) electrons. The second kappa shape index (κ2) is 8.13. The van der Waals surface area contributed by atoms with Crippen LogP contribution in [0.15, 0.2) is 48.5 Å². The predicted molar refractivity (Wildman–Crippen MR) is 97.4 cm³/mol. The Hall–Kier alpha value is -2.69. The lowest BCUT2D eigenvalue weighted by atomic mass is 9.96. The first-order chi connectivity index (χ1) is 12.5. The molecule has 1 aliphatic heterocycles. The van der Waals surface area contributed by atoms with E-state index < -0.39 is 5.97 Å². The molecule has 1 N–H and O–H groups in total. The third-order valence-corrected chi connectivity index (χ3v) is 4.87. The molecule has 2 aromatic rings. The Morgan fingerprint density at radius 3 is 2.54 bits per heavy atom. The number of aliphatic carboxylic acids is 1. The number of benzene rings is 2. The van der Waals surface area contributed by atoms with Crippen LogP contribution in [0.5, 0.6) is 0 Å². The van der Waals surface area contributed by atoms with Crippen molar-refractivity contribution in [2.45, 2.75) is 38.1 Å². The Morgan fingerprint density at radius 1 is 1.08 bits per heavy atom. The number of amides is 1. The van der Waals surface area contributed by atoms with Crippen molar-refractivity contribution in [3.8, 4) is 11.1 Å². The summed E-state index contributed by atoms with van der Waals surface area (Å²) >= 11 is 0. The lowest BCUT2D eigenvalue weighted by molar-refractivity contribution is -0.137. The van der Waals surface area contributed by atoms with Gasteiger partial charge in [0.1, 0.15) is 5.82 Å². The molecular formula is C21H22FNO3. The normalized spacial score (nSPS) is 17.1. The van der Waals surface area contributed by atoms with Crippen LogP contribution >= 0.6 is 0 Å². The highest BCUT2D eigenvalue weighted by Crippen LogP contribution is 2.25. The van der Waals surface area contributed by atoms with Crippen LogP contribution in [0.1, 0.15) is 42.5 Å². The minimum Gasteiger partial charge on any atom is -0.481 e. The summed E-state index contributed by atoms with van der Waals surface area (Å²) < 4.78 is 13.4. The van der Waals surface area contributed by atoms with Crippen molar-refractivity contribution in [1.29, 1.82) is 0 Å². The van der Waals surface area contributed by atoms with E-state index in [0.29, 0.717) is 18.5 Å². The van der Waals surface area contributed by atoms with Gasteiger partial charge in [-0.2, -0.15) is 0 Å². The fourth-order valence-corrected chi connectivity index (χ4v) is 3.50. The van der Waals surface area contributed by atoms with Gasteiger partial charge in [0.25, 0.3) is 5.91 Å². The van der Waals surface area contributed by atoms with Gasteiger partial charge in [0, 0.05) is 24.6 Å². The van der Waals surface area contributed by atoms with E-state index in [4.69, 9.17) is 5.11 Å². The molecule has 2 aromatic carbocycles. The quantitative estimate of drug-likeness (QED) is 0.867. The van der Waals surface area contributed by atoms with E-state index in [1.807, 2.05) is 23.1 Å². The molecule has 1 aliphatic rings. The van der Waals surface area contributed by atoms with Crippen LogP contribution in [-0.4, -0.2) is 34.5 Å². The van der Waals surface area contributed by atoms with Gasteiger partial charge in [-0.3, -0.25) is 9.59 Å². The maximum absolute atomic E-state index is 13.4. The average molecular weight is 355 g/mol. The van der Waals surface area contributed by atoms with Gasteiger partial charge in [0.05, 0.1) is 0 Å². The molecule has 0 aliphatic carbocycles. The number of carboxylic acid groups (broad SMARTS) is 1. The van der Waals surface area contributed by atoms with Crippen LogP contribution in [0.3, 0.4) is 0 Å². The SMILES string of the molecule is O=C(O)CC[C@H]1CCCCN1C(=O)c1ccc(-c2cccc(F)c2)cc1. The first kappa shape index (κ1) is 18.1. The van der Waals surface area contributed by atoms with E-state index in [-0.39, 0.29) is 24.2 Å². The number of rotatable bonds is 5. The fourth-order valence-electron chi connectivity index (χ4n) is 3.50. The average Bonchev–Trinajstić information content (AvgIpc) is 2.66. The molecule has 26 heavy (non-hydrogen) atoms. The van der Waals surface area contributed by atoms with Gasteiger partial charge in [-0.1, -0.05) is 24.3 Å². The molecule has 1 saturated heterocycles. The van der Waals surface area contributed by atoms with Crippen LogP contribution in [0, 0.1) is 5.82 Å². The second-order valence-electron chi connectivity index (χ2n) is 6.67. The summed E-state index contributed by atoms with van der Waals surface area (Å²) in [5.74, 6) is -1.19. The third-order valence-electron chi connectivity index (χ3n) is 4.87. The van der Waals surface area contributed by atoms with Gasteiger partial charge in [-0.25, -0.2) is 4.39 Å². The van der Waals surface area contributed by atoms with Gasteiger partial charge in [-0.15, -0.1) is 0 Å². The third kappa shape index (κ3) is 4.28. The maximum atomic E-state index is 13.4. The summed E-state index contributed by atoms with van der Waals surface area (Å²) in [5, 5.41) is 8.91. The van der Waals surface area contributed by atoms with Crippen molar-refractivity contribution in [3.05, 3.63) is 59.9 Å². The number of carbonyl (C=O) groups is 2. The Labute approximate surface area is 152 Å². The van der Waals surface area contributed by atoms with E-state index in [1.165, 1.54) is 12.1 Å². The Kier molecular flexibility index (Phi) is 5.66. The molecular weight excluding hydrogens is 333 g/mol. The predicted octanol–water partition coefficient (Wildman–Crippen LogP) is 4.35. The highest BCUT2D eigenvalue weighted by Gasteiger charge is 2.27. The highest BCUT2D eigenvalue weighted by molar-refractivity contribution is 5.95. The molecule has 136 valence electrons. The molecule has 0 aromatic heterocycles. The minimum absolute atomic E-state index is 0.0183. The summed E-state index contributed by atoms with van der Waals surface area (Å²) in [6.07, 6.45) is 3.37. The van der Waals surface area contributed by atoms with E-state index in [0.717, 1.165) is 30.4 Å². The number of halogens is 1. The minimum atomic E-state index is -0.831. The zero-order valence-corrected chi connectivity index (χ0v) is 14.5. The number of carbonyl (C=O) groups excluding carboxylic acids is 1. The number of piperidine rings is 1. The number of carboxylic acids is 1. The zero-order valence-electron chi connectivity index (χ0n) is 14.5. The molecule has 5 heteroatoms. The molecule has 0 saturated carbocycles. The Bertz CT molecular complexity index is 788. The smallest absolute Gasteiger partial charge is 0.303 e. The largest absolute Gasteiger partial charge is 0.481 e. The molecule has 4 nitrogen and oxygen atoms in total. The lowest BCUT2D eigenvalue weighted by Crippen LogP contribution is -2.43. The fraction of sp³-hybridized carbons (Fsp3) is 0.333. The summed E-state index contributed by atoms with van der Waals surface area (Å²) in [4.78, 5) is 25.5. The molecule has 0 spiro atoms. The van der Waals surface area contributed by atoms with Crippen LogP contribution in [0.2, 0.25) is 0 Å². The first-order valence-electron chi connectivity index (χ1n) is 8.93. The first-order valence-corrected chi connectivity index (χ1v) is 8.93. The number of nitrogens with zero attached hydrogens (tertiary/aromatic N) is 1. The number of likely N-dealkylation sites (tertiary alicyclic amines) is 1. The topological polar surface area (TPSA) is 57.6 Å². The maximum Gasteiger partial charge on any atom is 0.303 e. The van der Waals surface area contributed by atoms with Gasteiger partial charge < -0.3 is 10.0 Å². The molecule has 1 atom stereocenters. The summed E-state index contributed by atoms with van der Waals surface area (Å²) in [7, 11) is 0. The van der Waals surface area contributed by atoms with E-state index in [2.05, 4.69) is 0 Å². The van der Waals surface area contributed by atoms with Crippen LogP contribution in [0.4, 0.5) is 4.39 Å². The van der Waals surface area contributed by atoms with Crippen LogP contribution < -0.4 is 0 Å². The molecule has 0 unspecified atom stereocenters. The van der Waals surface area contributed by atoms with Crippen molar-refractivity contribution in [3.63, 3.8) is 0 Å². The van der Waals surface area contributed by atoms with Crippen molar-refractivity contribution in [2.24, 2.45) is 0 Å². The van der Waals surface area contributed by atoms with Crippen molar-refractivity contribution in [1.82, 2.24) is 4.90 Å². The van der Waals surface area contributed by atoms with E-state index >= 15 is 0 Å². The van der Waals surface area contributed by atoms with Crippen LogP contribution in [-0.2, 0) is 4.79 Å². The van der Waals surface area contributed by atoms with Gasteiger partial charge in [0.15, 0.2) is 0 Å². The monoisotopic (exact) mass is 355 g/mol. The van der Waals surface area contributed by atoms with E-state index in [1.54, 1.807) is 18.2 Å². The standard InChI is InChI=1S/C21H22FNO3/c22-18-5-3-4-17(14-18)15-7-9-16(10-8-15)21(26)23-13-2-1-6-19(23)11-12-20(24)25/h3-5,7-10,14,19H,1-2,6,11-13H2,(H,24,25)/t19-/m1/s1. The summed E-state index contributed by atoms with van der Waals surface area (Å²) in [6.45, 7) is 0.661. The lowest BCUT2D eigenvalue weighted by Gasteiger charge is -2.35. The Balaban J connectivity index is 1.75. The number of hydrogen-bond donors (Lipinski definition) is 1. The summed E-state index contributed by atoms with van der Waals surface area (Å²) in [6, 6.07) is 13.5. The van der Waals surface area contributed by atoms with Gasteiger partial charge in [-0.05, 0) is 61.1 Å². The molecule has 1 amide bonds. The molecule has 3 rings (SSSR count). The number of hydrogen-bond acceptors (Lipinski definition) is 2. The zero-order chi connectivity index (χ0) is 18.5. The van der Waals surface area contributed by atoms with Crippen molar-refractivity contribution < 1.29 is 19.1 Å². The molecule has 1 heterocycles. The molecule has 0 bridgehead atoms. The summed E-state index contributed by atoms with van der Waals surface area (Å²) in [5.41, 5.74) is 2.19. The second-order valence-corrected chi connectivity index (χ2v) is 6.67. The van der Waals surface area contributed by atoms with Gasteiger partial charge >= 0.3 is 5.97 Å². The highest BCUT2D eigenvalue weighted by atomic mass is 19.1. The van der Waals surface area contributed by atoms with Gasteiger partial charge in [0.2, 0.25) is 0 Å². The van der Waals surface area contributed by atoms with E-state index in [9.17, 15) is 14.0 Å². The van der Waals surface area contributed by atoms with Crippen molar-refractivity contribution >= 4 is 11.9 Å².